The van der Waals surface area contributed by atoms with E-state index in [9.17, 15) is 0 Å². The Morgan fingerprint density at radius 1 is 1.67 bits per heavy atom. The van der Waals surface area contributed by atoms with E-state index in [-0.39, 0.29) is 6.04 Å². The van der Waals surface area contributed by atoms with Crippen molar-refractivity contribution in [1.82, 2.24) is 4.98 Å². The van der Waals surface area contributed by atoms with Crippen LogP contribution in [0.4, 0.5) is 5.69 Å². The van der Waals surface area contributed by atoms with Crippen LogP contribution >= 0.6 is 0 Å². The number of nitrogens with zero attached hydrogens (tertiary/aromatic N) is 1. The number of fused-ring (bicyclic) bond motifs is 1. The maximum absolute atomic E-state index is 5.93. The van der Waals surface area contributed by atoms with Crippen LogP contribution in [0.3, 0.4) is 0 Å². The molecule has 0 aliphatic carbocycles. The topological polar surface area (TPSA) is 50.9 Å². The van der Waals surface area contributed by atoms with Crippen molar-refractivity contribution in [3.05, 3.63) is 24.0 Å². The monoisotopic (exact) mass is 163 g/mol. The van der Waals surface area contributed by atoms with E-state index in [1.54, 1.807) is 6.20 Å². The lowest BCUT2D eigenvalue weighted by Gasteiger charge is -2.27. The van der Waals surface area contributed by atoms with E-state index in [2.05, 4.69) is 17.2 Å². The summed E-state index contributed by atoms with van der Waals surface area (Å²) in [6.07, 6.45) is 2.75. The molecule has 1 aromatic heterocycles. The maximum atomic E-state index is 5.93. The quantitative estimate of drug-likeness (QED) is 0.606. The molecular weight excluding hydrogens is 150 g/mol. The van der Waals surface area contributed by atoms with Crippen LogP contribution < -0.4 is 11.1 Å². The second-order valence-electron chi connectivity index (χ2n) is 3.32. The smallest absolute Gasteiger partial charge is 0.0802 e. The highest BCUT2D eigenvalue weighted by Crippen LogP contribution is 2.28. The average Bonchev–Trinajstić information content (AvgIpc) is 2.04. The molecule has 3 heteroatoms. The van der Waals surface area contributed by atoms with Crippen LogP contribution in [0.5, 0.6) is 0 Å². The highest BCUT2D eigenvalue weighted by molar-refractivity contribution is 5.51. The predicted molar refractivity (Wildman–Crippen MR) is 48.9 cm³/mol. The summed E-state index contributed by atoms with van der Waals surface area (Å²) >= 11 is 0. The molecule has 0 amide bonds. The fourth-order valence-corrected chi connectivity index (χ4v) is 1.65. The highest BCUT2D eigenvalue weighted by atomic mass is 15.0. The molecule has 1 aromatic rings. The Kier molecular flexibility index (Phi) is 1.73. The number of rotatable bonds is 0. The van der Waals surface area contributed by atoms with E-state index in [1.807, 2.05) is 12.1 Å². The number of pyridine rings is 1. The molecule has 2 rings (SSSR count). The molecule has 0 saturated carbocycles. The zero-order valence-electron chi connectivity index (χ0n) is 7.12. The lowest BCUT2D eigenvalue weighted by Crippen LogP contribution is -2.30. The third-order valence-electron chi connectivity index (χ3n) is 2.20. The predicted octanol–water partition coefficient (Wildman–Crippen LogP) is 1.29. The fraction of sp³-hybridized carbons (Fsp3) is 0.444. The summed E-state index contributed by atoms with van der Waals surface area (Å²) in [5, 5.41) is 3.35. The molecule has 0 saturated heterocycles. The molecule has 1 aliphatic rings. The molecule has 0 unspecified atom stereocenters. The number of nitrogens with one attached hydrogen (secondary N) is 1. The second-order valence-corrected chi connectivity index (χ2v) is 3.32. The number of hydrogen-bond acceptors (Lipinski definition) is 3. The average molecular weight is 163 g/mol. The van der Waals surface area contributed by atoms with Crippen LogP contribution in [0.2, 0.25) is 0 Å². The van der Waals surface area contributed by atoms with E-state index in [0.29, 0.717) is 6.04 Å². The van der Waals surface area contributed by atoms with Crippen molar-refractivity contribution in [3.63, 3.8) is 0 Å². The molecule has 12 heavy (non-hydrogen) atoms. The first kappa shape index (κ1) is 7.55. The zero-order valence-corrected chi connectivity index (χ0v) is 7.12. The van der Waals surface area contributed by atoms with Gasteiger partial charge < -0.3 is 11.1 Å². The van der Waals surface area contributed by atoms with Gasteiger partial charge in [0.05, 0.1) is 17.4 Å². The van der Waals surface area contributed by atoms with Crippen LogP contribution in [0, 0.1) is 0 Å². The Hall–Kier alpha value is -1.09. The molecule has 0 aromatic carbocycles. The summed E-state index contributed by atoms with van der Waals surface area (Å²) in [6.45, 7) is 2.13. The van der Waals surface area contributed by atoms with Gasteiger partial charge in [0.2, 0.25) is 0 Å². The third kappa shape index (κ3) is 1.16. The van der Waals surface area contributed by atoms with Crippen LogP contribution in [-0.2, 0) is 0 Å². The van der Waals surface area contributed by atoms with Gasteiger partial charge in [-0.3, -0.25) is 4.98 Å². The largest absolute Gasteiger partial charge is 0.381 e. The molecule has 2 heterocycles. The SMILES string of the molecule is C[C@@H]1C[C@H](N)c2ncccc2N1. The first-order valence-corrected chi connectivity index (χ1v) is 4.24. The summed E-state index contributed by atoms with van der Waals surface area (Å²) in [7, 11) is 0. The maximum Gasteiger partial charge on any atom is 0.0802 e. The Balaban J connectivity index is 2.40. The first-order valence-electron chi connectivity index (χ1n) is 4.24. The van der Waals surface area contributed by atoms with Crippen molar-refractivity contribution >= 4 is 5.69 Å². The molecule has 64 valence electrons. The van der Waals surface area contributed by atoms with Gasteiger partial charge in [0.25, 0.3) is 0 Å². The van der Waals surface area contributed by atoms with Gasteiger partial charge in [-0.2, -0.15) is 0 Å². The van der Waals surface area contributed by atoms with Crippen molar-refractivity contribution in [2.24, 2.45) is 5.73 Å². The number of anilines is 1. The Labute approximate surface area is 72.0 Å². The van der Waals surface area contributed by atoms with Crippen LogP contribution in [-0.4, -0.2) is 11.0 Å². The van der Waals surface area contributed by atoms with Crippen molar-refractivity contribution < 1.29 is 0 Å². The number of aromatic nitrogens is 1. The Morgan fingerprint density at radius 3 is 3.33 bits per heavy atom. The third-order valence-corrected chi connectivity index (χ3v) is 2.20. The van der Waals surface area contributed by atoms with Crippen molar-refractivity contribution in [3.8, 4) is 0 Å². The zero-order chi connectivity index (χ0) is 8.55. The van der Waals surface area contributed by atoms with Gasteiger partial charge in [0.15, 0.2) is 0 Å². The first-order chi connectivity index (χ1) is 5.77. The molecule has 0 spiro atoms. The van der Waals surface area contributed by atoms with E-state index >= 15 is 0 Å². The van der Waals surface area contributed by atoms with Crippen molar-refractivity contribution in [1.29, 1.82) is 0 Å². The summed E-state index contributed by atoms with van der Waals surface area (Å²) in [5.74, 6) is 0. The highest BCUT2D eigenvalue weighted by Gasteiger charge is 2.21. The van der Waals surface area contributed by atoms with Gasteiger partial charge in [-0.1, -0.05) is 0 Å². The normalized spacial score (nSPS) is 27.5. The van der Waals surface area contributed by atoms with E-state index in [4.69, 9.17) is 5.73 Å². The fourth-order valence-electron chi connectivity index (χ4n) is 1.65. The van der Waals surface area contributed by atoms with Crippen molar-refractivity contribution in [2.75, 3.05) is 5.32 Å². The van der Waals surface area contributed by atoms with E-state index in [1.165, 1.54) is 0 Å². The van der Waals surface area contributed by atoms with E-state index < -0.39 is 0 Å². The minimum Gasteiger partial charge on any atom is -0.381 e. The summed E-state index contributed by atoms with van der Waals surface area (Å²) in [5.41, 5.74) is 8.02. The molecule has 0 radical (unpaired) electrons. The van der Waals surface area contributed by atoms with Gasteiger partial charge >= 0.3 is 0 Å². The summed E-state index contributed by atoms with van der Waals surface area (Å²) < 4.78 is 0. The van der Waals surface area contributed by atoms with Gasteiger partial charge in [-0.05, 0) is 25.5 Å². The molecule has 2 atom stereocenters. The van der Waals surface area contributed by atoms with Gasteiger partial charge in [-0.15, -0.1) is 0 Å². The van der Waals surface area contributed by atoms with Crippen LogP contribution in [0.15, 0.2) is 18.3 Å². The lowest BCUT2D eigenvalue weighted by atomic mass is 9.99. The minimum atomic E-state index is 0.0949. The molecule has 3 N–H and O–H groups in total. The van der Waals surface area contributed by atoms with E-state index in [0.717, 1.165) is 17.8 Å². The van der Waals surface area contributed by atoms with Gasteiger partial charge in [0.1, 0.15) is 0 Å². The summed E-state index contributed by atoms with van der Waals surface area (Å²) in [4.78, 5) is 4.25. The molecule has 3 nitrogen and oxygen atoms in total. The van der Waals surface area contributed by atoms with Crippen molar-refractivity contribution in [2.45, 2.75) is 25.4 Å². The number of nitrogens with two attached hydrogens (primary N) is 1. The molecule has 0 bridgehead atoms. The molecule has 1 aliphatic heterocycles. The molecular formula is C9H13N3. The Morgan fingerprint density at radius 2 is 2.50 bits per heavy atom. The standard InChI is InChI=1S/C9H13N3/c1-6-5-7(10)9-8(12-6)3-2-4-11-9/h2-4,6-7,12H,5,10H2,1H3/t6-,7+/m1/s1. The van der Waals surface area contributed by atoms with Crippen LogP contribution in [0.1, 0.15) is 25.1 Å². The van der Waals surface area contributed by atoms with Crippen LogP contribution in [0.25, 0.3) is 0 Å². The lowest BCUT2D eigenvalue weighted by molar-refractivity contribution is 0.557. The van der Waals surface area contributed by atoms with Gasteiger partial charge in [-0.25, -0.2) is 0 Å². The molecule has 0 fully saturated rings. The Bertz CT molecular complexity index is 285. The van der Waals surface area contributed by atoms with Gasteiger partial charge in [0, 0.05) is 12.2 Å². The second kappa shape index (κ2) is 2.75. The minimum absolute atomic E-state index is 0.0949. The summed E-state index contributed by atoms with van der Waals surface area (Å²) in [6, 6.07) is 4.50. The number of hydrogen-bond donors (Lipinski definition) is 2.